The van der Waals surface area contributed by atoms with Crippen LogP contribution in [0.1, 0.15) is 19.4 Å². The summed E-state index contributed by atoms with van der Waals surface area (Å²) in [6, 6.07) is 9.86. The third-order valence-corrected chi connectivity index (χ3v) is 3.52. The van der Waals surface area contributed by atoms with E-state index in [1.807, 2.05) is 42.5 Å². The molecule has 2 atom stereocenters. The van der Waals surface area contributed by atoms with Crippen molar-refractivity contribution in [3.05, 3.63) is 42.0 Å². The summed E-state index contributed by atoms with van der Waals surface area (Å²) in [4.78, 5) is 4.39. The van der Waals surface area contributed by atoms with Crippen molar-refractivity contribution in [1.29, 1.82) is 0 Å². The highest BCUT2D eigenvalue weighted by Gasteiger charge is 2.40. The van der Waals surface area contributed by atoms with Crippen molar-refractivity contribution in [2.75, 3.05) is 0 Å². The number of ether oxygens (including phenoxy) is 1. The number of hydrogen-bond acceptors (Lipinski definition) is 2. The van der Waals surface area contributed by atoms with Crippen LogP contribution >= 0.6 is 34.8 Å². The Kier molecular flexibility index (Phi) is 5.00. The van der Waals surface area contributed by atoms with Gasteiger partial charge in [0.25, 0.3) is 3.79 Å². The largest absolute Gasteiger partial charge is 0.472 e. The molecule has 1 heterocycles. The second-order valence-electron chi connectivity index (χ2n) is 5.02. The maximum absolute atomic E-state index is 5.84. The van der Waals surface area contributed by atoms with E-state index in [9.17, 15) is 0 Å². The van der Waals surface area contributed by atoms with E-state index in [0.29, 0.717) is 0 Å². The zero-order valence-corrected chi connectivity index (χ0v) is 13.5. The number of rotatable bonds is 3. The van der Waals surface area contributed by atoms with Crippen molar-refractivity contribution < 1.29 is 4.74 Å². The van der Waals surface area contributed by atoms with E-state index in [1.54, 1.807) is 0 Å². The smallest absolute Gasteiger partial charge is 0.266 e. The van der Waals surface area contributed by atoms with Crippen LogP contribution in [-0.2, 0) is 4.74 Å². The Labute approximate surface area is 134 Å². The van der Waals surface area contributed by atoms with E-state index >= 15 is 0 Å². The lowest BCUT2D eigenvalue weighted by Crippen LogP contribution is -2.29. The molecule has 0 bridgehead atoms. The maximum atomic E-state index is 5.84. The molecule has 1 aliphatic rings. The Morgan fingerprint density at radius 1 is 1.20 bits per heavy atom. The van der Waals surface area contributed by atoms with Crippen LogP contribution in [0, 0.1) is 5.92 Å². The van der Waals surface area contributed by atoms with Crippen LogP contribution in [0.2, 0.25) is 0 Å². The normalized spacial score (nSPS) is 23.2. The molecule has 1 aliphatic heterocycles. The Hall–Kier alpha value is -0.700. The van der Waals surface area contributed by atoms with Gasteiger partial charge in [-0.3, -0.25) is 0 Å². The first-order valence-electron chi connectivity index (χ1n) is 6.43. The van der Waals surface area contributed by atoms with Crippen molar-refractivity contribution in [2.45, 2.75) is 29.8 Å². The van der Waals surface area contributed by atoms with Gasteiger partial charge in [-0.05, 0) is 11.5 Å². The van der Waals surface area contributed by atoms with Crippen molar-refractivity contribution in [2.24, 2.45) is 10.9 Å². The standard InChI is InChI=1S/C15H16Cl3NO/c1-10(2)13-12(19-14(20-13)15(16,17)18)9-8-11-6-4-3-5-7-11/h3-10,12-13H,1-2H3/b9-8+/t12-,13-/m0/s1. The molecule has 0 aromatic heterocycles. The van der Waals surface area contributed by atoms with Crippen LogP contribution in [0.4, 0.5) is 0 Å². The van der Waals surface area contributed by atoms with Gasteiger partial charge in [0.15, 0.2) is 0 Å². The molecule has 0 unspecified atom stereocenters. The van der Waals surface area contributed by atoms with Gasteiger partial charge in [-0.1, -0.05) is 91.1 Å². The van der Waals surface area contributed by atoms with Gasteiger partial charge in [0.2, 0.25) is 5.90 Å². The minimum absolute atomic E-state index is 0.111. The van der Waals surface area contributed by atoms with Gasteiger partial charge >= 0.3 is 0 Å². The number of hydrogen-bond donors (Lipinski definition) is 0. The quantitative estimate of drug-likeness (QED) is 0.722. The summed E-state index contributed by atoms with van der Waals surface area (Å²) >= 11 is 17.5. The summed E-state index contributed by atoms with van der Waals surface area (Å²) in [6.45, 7) is 4.12. The first-order chi connectivity index (χ1) is 9.38. The molecule has 1 aromatic rings. The summed E-state index contributed by atoms with van der Waals surface area (Å²) in [6.07, 6.45) is 3.89. The second-order valence-corrected chi connectivity index (χ2v) is 7.30. The third kappa shape index (κ3) is 3.91. The first-order valence-corrected chi connectivity index (χ1v) is 7.56. The lowest BCUT2D eigenvalue weighted by molar-refractivity contribution is 0.151. The number of alkyl halides is 3. The van der Waals surface area contributed by atoms with Crippen LogP contribution in [0.15, 0.2) is 41.4 Å². The van der Waals surface area contributed by atoms with E-state index in [4.69, 9.17) is 39.5 Å². The molecule has 20 heavy (non-hydrogen) atoms. The van der Waals surface area contributed by atoms with Gasteiger partial charge < -0.3 is 4.74 Å². The van der Waals surface area contributed by atoms with Crippen LogP contribution in [-0.4, -0.2) is 21.8 Å². The predicted octanol–water partition coefficient (Wildman–Crippen LogP) is 4.89. The van der Waals surface area contributed by atoms with E-state index in [2.05, 4.69) is 18.8 Å². The Balaban J connectivity index is 2.19. The fourth-order valence-electron chi connectivity index (χ4n) is 2.03. The minimum atomic E-state index is -1.61. The predicted molar refractivity (Wildman–Crippen MR) is 86.7 cm³/mol. The monoisotopic (exact) mass is 331 g/mol. The molecular weight excluding hydrogens is 317 g/mol. The molecule has 0 saturated heterocycles. The van der Waals surface area contributed by atoms with Gasteiger partial charge in [0, 0.05) is 0 Å². The summed E-state index contributed by atoms with van der Waals surface area (Å²) in [7, 11) is 0. The Morgan fingerprint density at radius 3 is 2.40 bits per heavy atom. The van der Waals surface area contributed by atoms with Gasteiger partial charge in [-0.25, -0.2) is 4.99 Å². The molecule has 0 N–H and O–H groups in total. The highest BCUT2D eigenvalue weighted by molar-refractivity contribution is 6.76. The molecule has 1 aromatic carbocycles. The maximum Gasteiger partial charge on any atom is 0.266 e. The van der Waals surface area contributed by atoms with Gasteiger partial charge in [-0.15, -0.1) is 0 Å². The summed E-state index contributed by atoms with van der Waals surface area (Å²) in [5.41, 5.74) is 1.10. The summed E-state index contributed by atoms with van der Waals surface area (Å²) < 4.78 is 4.08. The summed E-state index contributed by atoms with van der Waals surface area (Å²) in [5, 5.41) is 0. The van der Waals surface area contributed by atoms with Crippen LogP contribution in [0.25, 0.3) is 6.08 Å². The highest BCUT2D eigenvalue weighted by atomic mass is 35.6. The lowest BCUT2D eigenvalue weighted by atomic mass is 9.99. The fraction of sp³-hybridized carbons (Fsp3) is 0.400. The summed E-state index contributed by atoms with van der Waals surface area (Å²) in [5.74, 6) is 0.443. The molecule has 0 aliphatic carbocycles. The van der Waals surface area contributed by atoms with E-state index in [1.165, 1.54) is 0 Å². The van der Waals surface area contributed by atoms with Crippen molar-refractivity contribution in [3.8, 4) is 0 Å². The Morgan fingerprint density at radius 2 is 1.85 bits per heavy atom. The minimum Gasteiger partial charge on any atom is -0.472 e. The van der Waals surface area contributed by atoms with Gasteiger partial charge in [-0.2, -0.15) is 0 Å². The molecule has 5 heteroatoms. The third-order valence-electron chi connectivity index (χ3n) is 3.04. The zero-order chi connectivity index (χ0) is 14.8. The van der Waals surface area contributed by atoms with E-state index in [0.717, 1.165) is 5.56 Å². The fourth-order valence-corrected chi connectivity index (χ4v) is 2.31. The second kappa shape index (κ2) is 6.38. The number of aliphatic imine (C=N–C) groups is 1. The number of halogens is 3. The number of benzene rings is 1. The first kappa shape index (κ1) is 15.7. The van der Waals surface area contributed by atoms with Gasteiger partial charge in [0.1, 0.15) is 12.1 Å². The van der Waals surface area contributed by atoms with Crippen LogP contribution in [0.5, 0.6) is 0 Å². The molecule has 108 valence electrons. The molecule has 0 amide bonds. The molecule has 2 nitrogen and oxygen atoms in total. The van der Waals surface area contributed by atoms with E-state index in [-0.39, 0.29) is 24.0 Å². The molecule has 0 fully saturated rings. The van der Waals surface area contributed by atoms with E-state index < -0.39 is 3.79 Å². The lowest BCUT2D eigenvalue weighted by Gasteiger charge is -2.20. The van der Waals surface area contributed by atoms with Crippen LogP contribution in [0.3, 0.4) is 0 Å². The zero-order valence-electron chi connectivity index (χ0n) is 11.3. The molecular formula is C15H16Cl3NO. The Bertz CT molecular complexity index is 506. The van der Waals surface area contributed by atoms with Crippen molar-refractivity contribution in [1.82, 2.24) is 0 Å². The molecule has 0 radical (unpaired) electrons. The van der Waals surface area contributed by atoms with Crippen LogP contribution < -0.4 is 0 Å². The molecule has 0 saturated carbocycles. The average Bonchev–Trinajstić information content (AvgIpc) is 2.82. The number of nitrogens with zero attached hydrogens (tertiary/aromatic N) is 1. The highest BCUT2D eigenvalue weighted by Crippen LogP contribution is 2.35. The SMILES string of the molecule is CC(C)[C@@H]1OC(C(Cl)(Cl)Cl)=N[C@H]1/C=C/c1ccccc1. The van der Waals surface area contributed by atoms with Crippen molar-refractivity contribution >= 4 is 46.8 Å². The molecule has 2 rings (SSSR count). The van der Waals surface area contributed by atoms with Gasteiger partial charge in [0.05, 0.1) is 0 Å². The van der Waals surface area contributed by atoms with Crippen molar-refractivity contribution in [3.63, 3.8) is 0 Å². The average molecular weight is 333 g/mol. The molecule has 0 spiro atoms. The topological polar surface area (TPSA) is 21.6 Å².